The fourth-order valence-corrected chi connectivity index (χ4v) is 2.71. The number of carbonyl (C=O) groups excluding carboxylic acids is 1. The third-order valence-corrected chi connectivity index (χ3v) is 4.25. The Morgan fingerprint density at radius 3 is 2.21 bits per heavy atom. The maximum absolute atomic E-state index is 12.4. The standard InChI is InChI=1S/C23H26N4O2/c1-15(2)17-9-11-19(12-10-17)26-22(28)18-13-24-23(25-14-18)27-20-7-5-6-8-21(20)29-16(3)4/h5-16H,1-4H3,(H,26,28)(H,24,25,27). The largest absolute Gasteiger partial charge is 0.489 e. The fraction of sp³-hybridized carbons (Fsp3) is 0.261. The Morgan fingerprint density at radius 2 is 1.59 bits per heavy atom. The zero-order valence-electron chi connectivity index (χ0n) is 17.1. The van der Waals surface area contributed by atoms with E-state index in [1.807, 2.05) is 62.4 Å². The Hall–Kier alpha value is -3.41. The molecule has 0 aliphatic carbocycles. The minimum absolute atomic E-state index is 0.0551. The number of nitrogens with one attached hydrogen (secondary N) is 2. The molecule has 1 amide bonds. The summed E-state index contributed by atoms with van der Waals surface area (Å²) >= 11 is 0. The number of ether oxygens (including phenoxy) is 1. The zero-order chi connectivity index (χ0) is 20.8. The van der Waals surface area contributed by atoms with E-state index in [1.54, 1.807) is 0 Å². The van der Waals surface area contributed by atoms with Crippen LogP contribution in [0.15, 0.2) is 60.9 Å². The van der Waals surface area contributed by atoms with Crippen molar-refractivity contribution >= 4 is 23.2 Å². The van der Waals surface area contributed by atoms with Crippen LogP contribution < -0.4 is 15.4 Å². The highest BCUT2D eigenvalue weighted by Gasteiger charge is 2.10. The van der Waals surface area contributed by atoms with E-state index in [0.717, 1.165) is 17.1 Å². The molecule has 0 saturated heterocycles. The molecule has 2 N–H and O–H groups in total. The number of rotatable bonds is 7. The molecule has 0 bridgehead atoms. The van der Waals surface area contributed by atoms with Gasteiger partial charge in [0.2, 0.25) is 5.95 Å². The fourth-order valence-electron chi connectivity index (χ4n) is 2.71. The molecule has 3 aromatic rings. The van der Waals surface area contributed by atoms with E-state index in [1.165, 1.54) is 18.0 Å². The van der Waals surface area contributed by atoms with Gasteiger partial charge in [0.1, 0.15) is 5.75 Å². The van der Waals surface area contributed by atoms with Crippen molar-refractivity contribution in [1.82, 2.24) is 9.97 Å². The number of carbonyl (C=O) groups is 1. The molecule has 29 heavy (non-hydrogen) atoms. The third-order valence-electron chi connectivity index (χ3n) is 4.25. The van der Waals surface area contributed by atoms with Gasteiger partial charge in [-0.3, -0.25) is 4.79 Å². The normalized spacial score (nSPS) is 10.8. The van der Waals surface area contributed by atoms with E-state index in [4.69, 9.17) is 4.74 Å². The summed E-state index contributed by atoms with van der Waals surface area (Å²) in [5, 5.41) is 6.00. The second-order valence-corrected chi connectivity index (χ2v) is 7.31. The van der Waals surface area contributed by atoms with Gasteiger partial charge in [-0.1, -0.05) is 38.1 Å². The van der Waals surface area contributed by atoms with Crippen molar-refractivity contribution in [3.8, 4) is 5.75 Å². The second kappa shape index (κ2) is 9.19. The molecule has 0 atom stereocenters. The molecule has 1 heterocycles. The van der Waals surface area contributed by atoms with Gasteiger partial charge in [0.15, 0.2) is 0 Å². The lowest BCUT2D eigenvalue weighted by atomic mass is 10.0. The molecule has 2 aromatic carbocycles. The summed E-state index contributed by atoms with van der Waals surface area (Å²) in [6.45, 7) is 8.20. The summed E-state index contributed by atoms with van der Waals surface area (Å²) in [5.74, 6) is 1.31. The third kappa shape index (κ3) is 5.54. The van der Waals surface area contributed by atoms with Crippen LogP contribution in [0.5, 0.6) is 5.75 Å². The number of hydrogen-bond acceptors (Lipinski definition) is 5. The molecule has 0 unspecified atom stereocenters. The number of nitrogens with zero attached hydrogens (tertiary/aromatic N) is 2. The maximum atomic E-state index is 12.4. The molecule has 0 fully saturated rings. The van der Waals surface area contributed by atoms with Crippen LogP contribution in [0, 0.1) is 0 Å². The molecule has 0 radical (unpaired) electrons. The Bertz CT molecular complexity index is 951. The quantitative estimate of drug-likeness (QED) is 0.566. The first-order chi connectivity index (χ1) is 13.9. The van der Waals surface area contributed by atoms with Crippen LogP contribution in [0.4, 0.5) is 17.3 Å². The van der Waals surface area contributed by atoms with Crippen molar-refractivity contribution in [3.05, 3.63) is 72.1 Å². The number of hydrogen-bond donors (Lipinski definition) is 2. The average molecular weight is 390 g/mol. The van der Waals surface area contributed by atoms with Crippen molar-refractivity contribution in [2.45, 2.75) is 39.7 Å². The SMILES string of the molecule is CC(C)Oc1ccccc1Nc1ncc(C(=O)Nc2ccc(C(C)C)cc2)cn1. The van der Waals surface area contributed by atoms with E-state index >= 15 is 0 Å². The predicted molar refractivity (Wildman–Crippen MR) is 116 cm³/mol. The van der Waals surface area contributed by atoms with Crippen molar-refractivity contribution in [3.63, 3.8) is 0 Å². The van der Waals surface area contributed by atoms with E-state index < -0.39 is 0 Å². The van der Waals surface area contributed by atoms with Crippen molar-refractivity contribution in [2.24, 2.45) is 0 Å². The summed E-state index contributed by atoms with van der Waals surface area (Å²) in [4.78, 5) is 21.0. The van der Waals surface area contributed by atoms with E-state index in [9.17, 15) is 4.79 Å². The second-order valence-electron chi connectivity index (χ2n) is 7.31. The molecule has 6 heteroatoms. The monoisotopic (exact) mass is 390 g/mol. The van der Waals surface area contributed by atoms with Crippen LogP contribution in [0.3, 0.4) is 0 Å². The van der Waals surface area contributed by atoms with Gasteiger partial charge >= 0.3 is 0 Å². The summed E-state index contributed by atoms with van der Waals surface area (Å²) in [6, 6.07) is 15.4. The number of para-hydroxylation sites is 2. The Balaban J connectivity index is 1.66. The summed E-state index contributed by atoms with van der Waals surface area (Å²) in [5.41, 5.74) is 3.11. The zero-order valence-corrected chi connectivity index (χ0v) is 17.1. The van der Waals surface area contributed by atoms with Crippen LogP contribution in [-0.2, 0) is 0 Å². The molecule has 0 aliphatic heterocycles. The van der Waals surface area contributed by atoms with Gasteiger partial charge in [-0.2, -0.15) is 0 Å². The summed E-state index contributed by atoms with van der Waals surface area (Å²) in [6.07, 6.45) is 3.05. The van der Waals surface area contributed by atoms with E-state index in [2.05, 4.69) is 34.4 Å². The van der Waals surface area contributed by atoms with E-state index in [-0.39, 0.29) is 12.0 Å². The first kappa shape index (κ1) is 20.3. The molecule has 6 nitrogen and oxygen atoms in total. The van der Waals surface area contributed by atoms with Gasteiger partial charge in [0.25, 0.3) is 5.91 Å². The molecule has 150 valence electrons. The highest BCUT2D eigenvalue weighted by Crippen LogP contribution is 2.27. The number of anilines is 3. The molecule has 0 spiro atoms. The van der Waals surface area contributed by atoms with Crippen molar-refractivity contribution in [1.29, 1.82) is 0 Å². The van der Waals surface area contributed by atoms with Crippen LogP contribution >= 0.6 is 0 Å². The lowest BCUT2D eigenvalue weighted by Crippen LogP contribution is -2.13. The van der Waals surface area contributed by atoms with Crippen molar-refractivity contribution < 1.29 is 9.53 Å². The van der Waals surface area contributed by atoms with Gasteiger partial charge in [-0.15, -0.1) is 0 Å². The minimum Gasteiger partial charge on any atom is -0.489 e. The number of amides is 1. The summed E-state index contributed by atoms with van der Waals surface area (Å²) < 4.78 is 5.79. The van der Waals surface area contributed by atoms with Gasteiger partial charge < -0.3 is 15.4 Å². The van der Waals surface area contributed by atoms with Crippen LogP contribution in [0.2, 0.25) is 0 Å². The predicted octanol–water partition coefficient (Wildman–Crippen LogP) is 5.38. The van der Waals surface area contributed by atoms with Gasteiger partial charge in [-0.25, -0.2) is 9.97 Å². The van der Waals surface area contributed by atoms with Gasteiger partial charge in [0, 0.05) is 18.1 Å². The first-order valence-corrected chi connectivity index (χ1v) is 9.68. The van der Waals surface area contributed by atoms with Gasteiger partial charge in [-0.05, 0) is 49.6 Å². The molecule has 3 rings (SSSR count). The smallest absolute Gasteiger partial charge is 0.258 e. The van der Waals surface area contributed by atoms with E-state index in [0.29, 0.717) is 17.4 Å². The lowest BCUT2D eigenvalue weighted by molar-refractivity contribution is 0.102. The van der Waals surface area contributed by atoms with Gasteiger partial charge in [0.05, 0.1) is 17.4 Å². The van der Waals surface area contributed by atoms with Crippen molar-refractivity contribution in [2.75, 3.05) is 10.6 Å². The number of aromatic nitrogens is 2. The topological polar surface area (TPSA) is 76.1 Å². The molecule has 1 aromatic heterocycles. The molecule has 0 aliphatic rings. The number of benzene rings is 2. The van der Waals surface area contributed by atoms with Crippen LogP contribution in [0.1, 0.15) is 49.5 Å². The Morgan fingerprint density at radius 1 is 0.931 bits per heavy atom. The Labute approximate surface area is 171 Å². The molecular formula is C23H26N4O2. The first-order valence-electron chi connectivity index (χ1n) is 9.68. The van der Waals surface area contributed by atoms with Crippen LogP contribution in [0.25, 0.3) is 0 Å². The lowest BCUT2D eigenvalue weighted by Gasteiger charge is -2.14. The maximum Gasteiger partial charge on any atom is 0.258 e. The highest BCUT2D eigenvalue weighted by atomic mass is 16.5. The molecule has 0 saturated carbocycles. The Kier molecular flexibility index (Phi) is 6.44. The minimum atomic E-state index is -0.252. The van der Waals surface area contributed by atoms with Crippen LogP contribution in [-0.4, -0.2) is 22.0 Å². The molecular weight excluding hydrogens is 364 g/mol. The average Bonchev–Trinajstić information content (AvgIpc) is 2.70. The highest BCUT2D eigenvalue weighted by molar-refractivity contribution is 6.03. The summed E-state index contributed by atoms with van der Waals surface area (Å²) in [7, 11) is 0.